The molecule has 3 aliphatic rings. The minimum Gasteiger partial charge on any atom is -0.490 e. The number of carbonyl (C=O) groups is 1. The van der Waals surface area contributed by atoms with Gasteiger partial charge in [0.2, 0.25) is 5.91 Å². The molecule has 1 fully saturated rings. The third-order valence-electron chi connectivity index (χ3n) is 9.33. The molecule has 0 N–H and O–H groups in total. The first-order valence-corrected chi connectivity index (χ1v) is 15.7. The maximum absolute atomic E-state index is 12.4. The van der Waals surface area contributed by atoms with Gasteiger partial charge in [-0.3, -0.25) is 9.48 Å². The van der Waals surface area contributed by atoms with Crippen LogP contribution in [0.5, 0.6) is 5.75 Å². The quantitative estimate of drug-likeness (QED) is 0.279. The lowest BCUT2D eigenvalue weighted by Gasteiger charge is -2.33. The second-order valence-electron chi connectivity index (χ2n) is 12.2. The van der Waals surface area contributed by atoms with Crippen molar-refractivity contribution in [3.8, 4) is 23.1 Å². The monoisotopic (exact) mass is 587 g/mol. The molecule has 2 aromatic carbocycles. The summed E-state index contributed by atoms with van der Waals surface area (Å²) in [5, 5.41) is 23.2. The molecule has 44 heavy (non-hydrogen) atoms. The molecule has 0 radical (unpaired) electrons. The number of aryl methyl sites for hydroxylation is 2. The number of ether oxygens (including phenoxy) is 1. The number of anilines is 2. The first kappa shape index (κ1) is 28.1. The molecule has 2 aliphatic heterocycles. The number of aromatic nitrogens is 4. The summed E-state index contributed by atoms with van der Waals surface area (Å²) in [6.07, 6.45) is 6.84. The van der Waals surface area contributed by atoms with Crippen molar-refractivity contribution in [2.24, 2.45) is 0 Å². The smallest absolute Gasteiger partial charge is 0.219 e. The lowest BCUT2D eigenvalue weighted by molar-refractivity contribution is -0.129. The number of hydrogen-bond acceptors (Lipinski definition) is 7. The number of fused-ring (bicyclic) bond motifs is 2. The van der Waals surface area contributed by atoms with Gasteiger partial charge in [-0.25, -0.2) is 0 Å². The van der Waals surface area contributed by atoms with Gasteiger partial charge in [-0.05, 0) is 106 Å². The minimum absolute atomic E-state index is 0.101. The summed E-state index contributed by atoms with van der Waals surface area (Å²) in [6.45, 7) is 5.77. The summed E-state index contributed by atoms with van der Waals surface area (Å²) in [7, 11) is 0. The lowest BCUT2D eigenvalue weighted by atomic mass is 9.92. The molecular formula is C35H37N7O2. The Bertz CT molecular complexity index is 1710. The zero-order valence-corrected chi connectivity index (χ0v) is 25.4. The number of benzene rings is 2. The number of rotatable bonds is 5. The Hall–Kier alpha value is -4.71. The molecule has 0 unspecified atom stereocenters. The van der Waals surface area contributed by atoms with E-state index in [0.29, 0.717) is 18.2 Å². The van der Waals surface area contributed by atoms with E-state index in [1.54, 1.807) is 6.92 Å². The topological polar surface area (TPSA) is 100 Å². The summed E-state index contributed by atoms with van der Waals surface area (Å²) in [5.74, 6) is 1.95. The van der Waals surface area contributed by atoms with Crippen LogP contribution in [-0.2, 0) is 24.2 Å². The highest BCUT2D eigenvalue weighted by Gasteiger charge is 2.34. The van der Waals surface area contributed by atoms with Gasteiger partial charge in [-0.2, -0.15) is 20.6 Å². The second kappa shape index (κ2) is 11.8. The SMILES string of the molecule is CC(=O)N1CCc2c(c(N3CCCc4cc(C#N)ccc43)nn2C2CCC(Oc3ccc(-c4ccc(C)nn4)cc3)CC2)C1. The average Bonchev–Trinajstić information content (AvgIpc) is 3.44. The predicted molar refractivity (Wildman–Crippen MR) is 168 cm³/mol. The third-order valence-corrected chi connectivity index (χ3v) is 9.33. The van der Waals surface area contributed by atoms with Gasteiger partial charge in [0.1, 0.15) is 5.75 Å². The Labute approximate surface area is 258 Å². The van der Waals surface area contributed by atoms with Crippen LogP contribution in [0.2, 0.25) is 0 Å². The zero-order chi connectivity index (χ0) is 30.2. The van der Waals surface area contributed by atoms with Gasteiger partial charge in [0.15, 0.2) is 5.82 Å². The van der Waals surface area contributed by atoms with Crippen LogP contribution in [0, 0.1) is 18.3 Å². The number of carbonyl (C=O) groups excluding carboxylic acids is 1. The number of nitrogens with zero attached hydrogens (tertiary/aromatic N) is 7. The zero-order valence-electron chi connectivity index (χ0n) is 25.4. The van der Waals surface area contributed by atoms with E-state index in [4.69, 9.17) is 9.84 Å². The summed E-state index contributed by atoms with van der Waals surface area (Å²) in [6, 6.07) is 20.6. The van der Waals surface area contributed by atoms with Crippen LogP contribution in [0.15, 0.2) is 54.6 Å². The molecule has 0 atom stereocenters. The van der Waals surface area contributed by atoms with Gasteiger partial charge in [0, 0.05) is 48.9 Å². The van der Waals surface area contributed by atoms with E-state index >= 15 is 0 Å². The molecule has 2 aromatic heterocycles. The fraction of sp³-hybridized carbons (Fsp3) is 0.400. The molecule has 0 spiro atoms. The highest BCUT2D eigenvalue weighted by molar-refractivity contribution is 5.75. The maximum Gasteiger partial charge on any atom is 0.219 e. The summed E-state index contributed by atoms with van der Waals surface area (Å²) < 4.78 is 8.71. The molecule has 4 heterocycles. The van der Waals surface area contributed by atoms with Crippen LogP contribution in [0.25, 0.3) is 11.3 Å². The van der Waals surface area contributed by atoms with Crippen molar-refractivity contribution >= 4 is 17.4 Å². The van der Waals surface area contributed by atoms with E-state index < -0.39 is 0 Å². The van der Waals surface area contributed by atoms with Crippen molar-refractivity contribution in [3.05, 3.63) is 82.7 Å². The van der Waals surface area contributed by atoms with E-state index in [0.717, 1.165) is 92.2 Å². The average molecular weight is 588 g/mol. The molecule has 224 valence electrons. The largest absolute Gasteiger partial charge is 0.490 e. The Morgan fingerprint density at radius 1 is 0.977 bits per heavy atom. The van der Waals surface area contributed by atoms with Crippen LogP contribution in [0.3, 0.4) is 0 Å². The Morgan fingerprint density at radius 2 is 1.80 bits per heavy atom. The van der Waals surface area contributed by atoms with Crippen LogP contribution in [-0.4, -0.2) is 50.0 Å². The molecule has 9 nitrogen and oxygen atoms in total. The summed E-state index contributed by atoms with van der Waals surface area (Å²) in [5.41, 5.74) is 8.22. The van der Waals surface area contributed by atoms with Crippen LogP contribution in [0.1, 0.15) is 73.1 Å². The summed E-state index contributed by atoms with van der Waals surface area (Å²) in [4.78, 5) is 16.6. The third kappa shape index (κ3) is 5.41. The van der Waals surface area contributed by atoms with Gasteiger partial charge in [0.25, 0.3) is 0 Å². The van der Waals surface area contributed by atoms with E-state index in [9.17, 15) is 10.1 Å². The molecule has 9 heteroatoms. The van der Waals surface area contributed by atoms with Crippen molar-refractivity contribution < 1.29 is 9.53 Å². The first-order valence-electron chi connectivity index (χ1n) is 15.7. The normalized spacial score (nSPS) is 19.6. The fourth-order valence-electron chi connectivity index (χ4n) is 6.96. The van der Waals surface area contributed by atoms with Crippen molar-refractivity contribution in [1.82, 2.24) is 24.9 Å². The van der Waals surface area contributed by atoms with Gasteiger partial charge >= 0.3 is 0 Å². The van der Waals surface area contributed by atoms with E-state index in [-0.39, 0.29) is 12.0 Å². The molecule has 1 aliphatic carbocycles. The van der Waals surface area contributed by atoms with E-state index in [1.807, 2.05) is 60.4 Å². The highest BCUT2D eigenvalue weighted by atomic mass is 16.5. The van der Waals surface area contributed by atoms with Gasteiger partial charge in [-0.1, -0.05) is 0 Å². The molecule has 1 amide bonds. The van der Waals surface area contributed by atoms with Crippen molar-refractivity contribution in [1.29, 1.82) is 5.26 Å². The maximum atomic E-state index is 12.4. The molecule has 7 rings (SSSR count). The van der Waals surface area contributed by atoms with Crippen molar-refractivity contribution in [2.75, 3.05) is 18.0 Å². The molecule has 0 saturated heterocycles. The van der Waals surface area contributed by atoms with Gasteiger partial charge < -0.3 is 14.5 Å². The second-order valence-corrected chi connectivity index (χ2v) is 12.2. The molecule has 1 saturated carbocycles. The lowest BCUT2D eigenvalue weighted by Crippen LogP contribution is -2.36. The first-order chi connectivity index (χ1) is 21.5. The minimum atomic E-state index is 0.101. The summed E-state index contributed by atoms with van der Waals surface area (Å²) >= 11 is 0. The molecule has 4 aromatic rings. The number of nitriles is 1. The van der Waals surface area contributed by atoms with Crippen LogP contribution in [0.4, 0.5) is 11.5 Å². The highest BCUT2D eigenvalue weighted by Crippen LogP contribution is 2.41. The van der Waals surface area contributed by atoms with Gasteiger partial charge in [0.05, 0.1) is 41.7 Å². The van der Waals surface area contributed by atoms with E-state index in [2.05, 4.69) is 31.9 Å². The standard InChI is InChI=1S/C35H37N7O2/c1-23-5-15-32(38-37-23)26-7-11-29(12-8-26)44-30-13-9-28(10-14-30)42-34-17-19-40(24(2)43)22-31(34)35(39-42)41-18-3-4-27-20-25(21-36)6-16-33(27)41/h5-8,11-12,15-16,20,28,30H,3-4,9-10,13-14,17-19,22H2,1-2H3. The predicted octanol–water partition coefficient (Wildman–Crippen LogP) is 6.07. The molecular weight excluding hydrogens is 550 g/mol. The number of amides is 1. The van der Waals surface area contributed by atoms with Crippen LogP contribution < -0.4 is 9.64 Å². The Kier molecular flexibility index (Phi) is 7.51. The number of hydrogen-bond donors (Lipinski definition) is 0. The van der Waals surface area contributed by atoms with Crippen LogP contribution >= 0.6 is 0 Å². The van der Waals surface area contributed by atoms with Crippen molar-refractivity contribution in [2.45, 2.75) is 77.5 Å². The van der Waals surface area contributed by atoms with E-state index in [1.165, 1.54) is 16.8 Å². The Morgan fingerprint density at radius 3 is 2.52 bits per heavy atom. The van der Waals surface area contributed by atoms with Gasteiger partial charge in [-0.15, -0.1) is 0 Å². The molecule has 0 bridgehead atoms. The fourth-order valence-corrected chi connectivity index (χ4v) is 6.96. The Balaban J connectivity index is 1.09. The van der Waals surface area contributed by atoms with Crippen molar-refractivity contribution in [3.63, 3.8) is 0 Å².